The lowest BCUT2D eigenvalue weighted by atomic mass is 9.98. The van der Waals surface area contributed by atoms with E-state index >= 15 is 0 Å². The number of nitrogens with zero attached hydrogens (tertiary/aromatic N) is 8. The Morgan fingerprint density at radius 2 is 1.08 bits per heavy atom. The second kappa shape index (κ2) is 14.2. The van der Waals surface area contributed by atoms with Crippen LogP contribution in [0.3, 0.4) is 0 Å². The van der Waals surface area contributed by atoms with Gasteiger partial charge in [-0.1, -0.05) is 91.1 Å². The van der Waals surface area contributed by atoms with Crippen LogP contribution in [0.1, 0.15) is 56.7 Å². The summed E-state index contributed by atoms with van der Waals surface area (Å²) in [6.45, 7) is 11.5. The Balaban J connectivity index is 0.000000164. The van der Waals surface area contributed by atoms with Crippen molar-refractivity contribution < 1.29 is 0 Å². The molecule has 0 saturated heterocycles. The lowest BCUT2D eigenvalue weighted by Crippen LogP contribution is -2.16. The highest BCUT2D eigenvalue weighted by Gasteiger charge is 2.24. The van der Waals surface area contributed by atoms with Crippen molar-refractivity contribution in [3.05, 3.63) is 152 Å². The smallest absolute Gasteiger partial charge is 0.159 e. The minimum absolute atomic E-state index is 0.432. The van der Waals surface area contributed by atoms with Gasteiger partial charge in [0.05, 0.1) is 22.8 Å². The van der Waals surface area contributed by atoms with Gasteiger partial charge in [0.2, 0.25) is 0 Å². The number of halogens is 2. The quantitative estimate of drug-likeness (QED) is 0.132. The molecule has 0 saturated carbocycles. The average Bonchev–Trinajstić information content (AvgIpc) is 3.58. The summed E-state index contributed by atoms with van der Waals surface area (Å²) in [6.07, 6.45) is 5.59. The van der Waals surface area contributed by atoms with Gasteiger partial charge in [-0.2, -0.15) is 0 Å². The molecule has 4 aromatic carbocycles. The molecule has 2 aliphatic rings. The van der Waals surface area contributed by atoms with Crippen molar-refractivity contribution >= 4 is 42.7 Å². The van der Waals surface area contributed by atoms with Gasteiger partial charge in [-0.3, -0.25) is 19.1 Å². The molecule has 4 heterocycles. The van der Waals surface area contributed by atoms with E-state index in [4.69, 9.17) is 39.6 Å². The van der Waals surface area contributed by atoms with Crippen molar-refractivity contribution in [2.75, 3.05) is 0 Å². The largest absolute Gasteiger partial charge is 0.281 e. The first kappa shape index (κ1) is 34.8. The van der Waals surface area contributed by atoms with Crippen LogP contribution in [-0.4, -0.2) is 49.0 Å². The number of rotatable bonds is 2. The van der Waals surface area contributed by atoms with Gasteiger partial charge in [0, 0.05) is 43.4 Å². The molecule has 8 rings (SSSR count). The van der Waals surface area contributed by atoms with Gasteiger partial charge in [-0.05, 0) is 62.4 Å². The molecule has 0 atom stereocenters. The van der Waals surface area contributed by atoms with Crippen molar-refractivity contribution in [3.63, 3.8) is 0 Å². The molecule has 0 spiro atoms. The molecule has 256 valence electrons. The highest BCUT2D eigenvalue weighted by atomic mass is 35.5. The van der Waals surface area contributed by atoms with E-state index in [0.717, 1.165) is 79.5 Å². The Morgan fingerprint density at radius 1 is 0.615 bits per heavy atom. The summed E-state index contributed by atoms with van der Waals surface area (Å²) in [5.41, 5.74) is 12.6. The van der Waals surface area contributed by atoms with Crippen molar-refractivity contribution in [2.24, 2.45) is 9.98 Å². The maximum atomic E-state index is 6.52. The Bertz CT molecular complexity index is 2540. The van der Waals surface area contributed by atoms with Crippen LogP contribution >= 0.6 is 23.2 Å². The molecular formula is C41H34Cl2N8Si. The fourth-order valence-corrected chi connectivity index (χ4v) is 7.12. The highest BCUT2D eigenvalue weighted by molar-refractivity contribution is 6.83. The van der Waals surface area contributed by atoms with Gasteiger partial charge in [0.15, 0.2) is 11.6 Å². The van der Waals surface area contributed by atoms with E-state index < -0.39 is 8.07 Å². The summed E-state index contributed by atoms with van der Waals surface area (Å²) in [7, 11) is -1.47. The standard InChI is InChI=1S/C22H21ClN4Si.C19H13ClN4/c1-15-25-26-21-14-24-22(17-7-5-6-8-19(17)23)18-13-16(11-12-28(2,3)4)9-10-20(18)27(15)21;1-3-13-8-9-17-15(10-13)19(14-6-4-5-7-16(14)20)21-11-18-23-22-12(2)24(17)18/h5-10,13H,14H2,1-4H3;1,4-10H,11H2,2H3. The zero-order chi connectivity index (χ0) is 36.6. The molecule has 0 amide bonds. The van der Waals surface area contributed by atoms with Crippen LogP contribution in [0, 0.1) is 37.7 Å². The predicted octanol–water partition coefficient (Wildman–Crippen LogP) is 8.37. The number of hydrogen-bond donors (Lipinski definition) is 0. The van der Waals surface area contributed by atoms with Crippen molar-refractivity contribution in [2.45, 2.75) is 46.6 Å². The molecule has 0 N–H and O–H groups in total. The van der Waals surface area contributed by atoms with Crippen LogP contribution < -0.4 is 0 Å². The molecule has 6 aromatic rings. The topological polar surface area (TPSA) is 86.1 Å². The van der Waals surface area contributed by atoms with Crippen molar-refractivity contribution in [3.8, 4) is 35.2 Å². The second-order valence-electron chi connectivity index (χ2n) is 13.4. The van der Waals surface area contributed by atoms with Crippen LogP contribution in [0.15, 0.2) is 94.9 Å². The summed E-state index contributed by atoms with van der Waals surface area (Å²) < 4.78 is 4.08. The van der Waals surface area contributed by atoms with Gasteiger partial charge in [-0.25, -0.2) is 0 Å². The highest BCUT2D eigenvalue weighted by Crippen LogP contribution is 2.31. The van der Waals surface area contributed by atoms with E-state index in [2.05, 4.69) is 80.2 Å². The van der Waals surface area contributed by atoms with E-state index in [0.29, 0.717) is 23.1 Å². The zero-order valence-corrected chi connectivity index (χ0v) is 31.9. The summed E-state index contributed by atoms with van der Waals surface area (Å²) in [6, 6.07) is 27.6. The van der Waals surface area contributed by atoms with E-state index in [1.807, 2.05) is 85.1 Å². The number of aryl methyl sites for hydroxylation is 2. The van der Waals surface area contributed by atoms with Crippen LogP contribution in [0.5, 0.6) is 0 Å². The molecule has 2 aliphatic heterocycles. The maximum absolute atomic E-state index is 6.52. The van der Waals surface area contributed by atoms with Crippen LogP contribution in [0.25, 0.3) is 11.4 Å². The Morgan fingerprint density at radius 3 is 1.54 bits per heavy atom. The number of aromatic nitrogens is 6. The first-order valence-corrected chi connectivity index (χ1v) is 21.0. The lowest BCUT2D eigenvalue weighted by Gasteiger charge is -2.14. The van der Waals surface area contributed by atoms with Gasteiger partial charge < -0.3 is 0 Å². The Labute approximate surface area is 314 Å². The van der Waals surface area contributed by atoms with E-state index in [-0.39, 0.29) is 0 Å². The molecule has 0 radical (unpaired) electrons. The Hall–Kier alpha value is -5.58. The van der Waals surface area contributed by atoms with E-state index in [1.54, 1.807) is 0 Å². The molecule has 0 unspecified atom stereocenters. The molecule has 2 aromatic heterocycles. The lowest BCUT2D eigenvalue weighted by molar-refractivity contribution is 0.861. The number of aliphatic imine (C=N–C) groups is 2. The van der Waals surface area contributed by atoms with Crippen molar-refractivity contribution in [1.29, 1.82) is 0 Å². The van der Waals surface area contributed by atoms with Crippen LogP contribution in [-0.2, 0) is 13.1 Å². The molecule has 11 heteroatoms. The number of terminal acetylenes is 1. The van der Waals surface area contributed by atoms with Crippen molar-refractivity contribution in [1.82, 2.24) is 29.5 Å². The van der Waals surface area contributed by atoms with E-state index in [1.165, 1.54) is 0 Å². The summed E-state index contributed by atoms with van der Waals surface area (Å²) in [4.78, 5) is 9.64. The first-order chi connectivity index (χ1) is 25.0. The Kier molecular flexibility index (Phi) is 9.52. The number of hydrogen-bond acceptors (Lipinski definition) is 6. The molecule has 0 bridgehead atoms. The normalized spacial score (nSPS) is 12.8. The third kappa shape index (κ3) is 6.87. The minimum Gasteiger partial charge on any atom is -0.281 e. The summed E-state index contributed by atoms with van der Waals surface area (Å²) in [5, 5.41) is 18.3. The molecule has 8 nitrogen and oxygen atoms in total. The fraction of sp³-hybridized carbons (Fsp3) is 0.171. The monoisotopic (exact) mass is 736 g/mol. The fourth-order valence-electron chi connectivity index (χ4n) is 6.15. The number of fused-ring (bicyclic) bond motifs is 6. The van der Waals surface area contributed by atoms with E-state index in [9.17, 15) is 0 Å². The summed E-state index contributed by atoms with van der Waals surface area (Å²) in [5.74, 6) is 9.32. The molecular weight excluding hydrogens is 703 g/mol. The minimum atomic E-state index is -1.47. The molecule has 0 fully saturated rings. The van der Waals surface area contributed by atoms with Crippen LogP contribution in [0.4, 0.5) is 0 Å². The SMILES string of the molecule is C#Cc1ccc2c(c1)C(c1ccccc1Cl)=NCc1nnc(C)n1-2.Cc1nnc2n1-c1ccc(C#C[Si](C)(C)C)cc1C(c1ccccc1Cl)=NC2. The van der Waals surface area contributed by atoms with Gasteiger partial charge in [0.1, 0.15) is 32.8 Å². The zero-order valence-electron chi connectivity index (χ0n) is 29.4. The predicted molar refractivity (Wildman–Crippen MR) is 212 cm³/mol. The third-order valence-electron chi connectivity index (χ3n) is 8.53. The third-order valence-corrected chi connectivity index (χ3v) is 10.1. The molecule has 52 heavy (non-hydrogen) atoms. The first-order valence-electron chi connectivity index (χ1n) is 16.7. The molecule has 0 aliphatic carbocycles. The van der Waals surface area contributed by atoms with Gasteiger partial charge in [-0.15, -0.1) is 32.4 Å². The number of benzene rings is 4. The van der Waals surface area contributed by atoms with Gasteiger partial charge >= 0.3 is 0 Å². The van der Waals surface area contributed by atoms with Gasteiger partial charge in [0.25, 0.3) is 0 Å². The maximum Gasteiger partial charge on any atom is 0.159 e. The average molecular weight is 738 g/mol. The second-order valence-corrected chi connectivity index (χ2v) is 19.0. The summed E-state index contributed by atoms with van der Waals surface area (Å²) >= 11 is 12.9. The van der Waals surface area contributed by atoms with Crippen LogP contribution in [0.2, 0.25) is 29.7 Å².